The fourth-order valence-corrected chi connectivity index (χ4v) is 4.62. The van der Waals surface area contributed by atoms with Crippen LogP contribution in [0.1, 0.15) is 64.9 Å². The zero-order chi connectivity index (χ0) is 22.4. The molecule has 6 heteroatoms. The number of phenolic OH excluding ortho intramolecular Hbond substituents is 1. The molecule has 1 aromatic rings. The third-order valence-electron chi connectivity index (χ3n) is 5.91. The topological polar surface area (TPSA) is 104 Å². The second-order valence-electron chi connectivity index (χ2n) is 9.97. The number of methoxy groups -OCH3 is 1. The number of benzene rings is 1. The number of ether oxygens (including phenoxy) is 1. The van der Waals surface area contributed by atoms with E-state index < -0.39 is 16.7 Å². The molecule has 3 rings (SSSR count). The lowest BCUT2D eigenvalue weighted by molar-refractivity contribution is -0.119. The Morgan fingerprint density at radius 1 is 0.833 bits per heavy atom. The molecule has 0 bridgehead atoms. The number of ketones is 2. The van der Waals surface area contributed by atoms with Crippen molar-refractivity contribution in [2.75, 3.05) is 7.11 Å². The number of aliphatic hydroxyl groups is 2. The predicted octanol–water partition coefficient (Wildman–Crippen LogP) is 4.89. The van der Waals surface area contributed by atoms with E-state index in [9.17, 15) is 24.9 Å². The normalized spacial score (nSPS) is 21.4. The second-order valence-corrected chi connectivity index (χ2v) is 9.97. The van der Waals surface area contributed by atoms with Gasteiger partial charge in [0.15, 0.2) is 23.1 Å². The maximum Gasteiger partial charge on any atom is 0.163 e. The number of aliphatic hydroxyl groups excluding tert-OH is 2. The van der Waals surface area contributed by atoms with Gasteiger partial charge in [-0.2, -0.15) is 0 Å². The van der Waals surface area contributed by atoms with E-state index in [-0.39, 0.29) is 58.6 Å². The lowest BCUT2D eigenvalue weighted by Crippen LogP contribution is -2.33. The van der Waals surface area contributed by atoms with Gasteiger partial charge >= 0.3 is 0 Å². The van der Waals surface area contributed by atoms with Crippen molar-refractivity contribution in [1.29, 1.82) is 0 Å². The van der Waals surface area contributed by atoms with Gasteiger partial charge in [0.25, 0.3) is 0 Å². The molecule has 0 saturated carbocycles. The Morgan fingerprint density at radius 3 is 1.67 bits per heavy atom. The molecule has 0 unspecified atom stereocenters. The lowest BCUT2D eigenvalue weighted by atomic mass is 9.67. The van der Waals surface area contributed by atoms with Gasteiger partial charge in [-0.3, -0.25) is 9.59 Å². The molecule has 0 aromatic heterocycles. The number of Topliss-reactive ketones (excluding diaryl/α,β-unsaturated/α-hetero) is 2. The first-order valence-corrected chi connectivity index (χ1v) is 10.1. The smallest absolute Gasteiger partial charge is 0.163 e. The van der Waals surface area contributed by atoms with Gasteiger partial charge in [-0.15, -0.1) is 0 Å². The van der Waals surface area contributed by atoms with E-state index in [1.165, 1.54) is 13.2 Å². The van der Waals surface area contributed by atoms with Crippen LogP contribution in [0.4, 0.5) is 0 Å². The summed E-state index contributed by atoms with van der Waals surface area (Å²) in [5.41, 5.74) is -0.113. The van der Waals surface area contributed by atoms with Crippen LogP contribution in [-0.4, -0.2) is 34.0 Å². The monoisotopic (exact) mass is 414 g/mol. The Hall–Kier alpha value is -2.76. The highest BCUT2D eigenvalue weighted by Crippen LogP contribution is 2.48. The van der Waals surface area contributed by atoms with E-state index in [2.05, 4.69) is 0 Å². The molecule has 162 valence electrons. The number of hydrogen-bond donors (Lipinski definition) is 3. The van der Waals surface area contributed by atoms with Gasteiger partial charge in [0.2, 0.25) is 0 Å². The minimum Gasteiger partial charge on any atom is -0.512 e. The molecule has 0 fully saturated rings. The largest absolute Gasteiger partial charge is 0.512 e. The molecule has 0 aliphatic heterocycles. The maximum atomic E-state index is 13.1. The molecule has 30 heavy (non-hydrogen) atoms. The van der Waals surface area contributed by atoms with Crippen LogP contribution in [0.3, 0.4) is 0 Å². The van der Waals surface area contributed by atoms with Crippen molar-refractivity contribution in [3.05, 3.63) is 46.4 Å². The van der Waals surface area contributed by atoms with Gasteiger partial charge in [0, 0.05) is 42.7 Å². The average Bonchev–Trinajstić information content (AvgIpc) is 2.57. The molecule has 1 aromatic carbocycles. The van der Waals surface area contributed by atoms with Gasteiger partial charge in [-0.25, -0.2) is 0 Å². The molecule has 0 radical (unpaired) electrons. The van der Waals surface area contributed by atoms with Gasteiger partial charge in [0.1, 0.15) is 11.5 Å². The van der Waals surface area contributed by atoms with Crippen LogP contribution in [0.2, 0.25) is 0 Å². The molecule has 3 N–H and O–H groups in total. The summed E-state index contributed by atoms with van der Waals surface area (Å²) in [6, 6.07) is 4.61. The minimum absolute atomic E-state index is 0.0745. The molecule has 0 spiro atoms. The molecule has 0 amide bonds. The highest BCUT2D eigenvalue weighted by Gasteiger charge is 2.43. The molecule has 0 atom stereocenters. The number of carbonyl (C=O) groups excluding carboxylic acids is 2. The molecule has 2 aliphatic rings. The van der Waals surface area contributed by atoms with Crippen LogP contribution < -0.4 is 4.74 Å². The van der Waals surface area contributed by atoms with E-state index in [1.807, 2.05) is 27.7 Å². The Bertz CT molecular complexity index is 912. The first kappa shape index (κ1) is 21.9. The highest BCUT2D eigenvalue weighted by molar-refractivity contribution is 6.05. The summed E-state index contributed by atoms with van der Waals surface area (Å²) in [4.78, 5) is 26.2. The summed E-state index contributed by atoms with van der Waals surface area (Å²) in [6.45, 7) is 7.60. The summed E-state index contributed by atoms with van der Waals surface area (Å²) in [7, 11) is 1.43. The summed E-state index contributed by atoms with van der Waals surface area (Å²) in [6.07, 6.45) is 1.03. The minimum atomic E-state index is -0.950. The molecular weight excluding hydrogens is 384 g/mol. The quantitative estimate of drug-likeness (QED) is 0.648. The average molecular weight is 414 g/mol. The summed E-state index contributed by atoms with van der Waals surface area (Å²) < 4.78 is 5.10. The van der Waals surface area contributed by atoms with Crippen LogP contribution >= 0.6 is 0 Å². The Labute approximate surface area is 176 Å². The van der Waals surface area contributed by atoms with Gasteiger partial charge in [-0.1, -0.05) is 33.8 Å². The van der Waals surface area contributed by atoms with Crippen molar-refractivity contribution in [3.8, 4) is 11.5 Å². The maximum absolute atomic E-state index is 13.1. The zero-order valence-electron chi connectivity index (χ0n) is 18.2. The molecule has 0 heterocycles. The Morgan fingerprint density at radius 2 is 1.30 bits per heavy atom. The van der Waals surface area contributed by atoms with E-state index in [0.29, 0.717) is 18.4 Å². The van der Waals surface area contributed by atoms with Crippen molar-refractivity contribution >= 4 is 11.6 Å². The number of allylic oxidation sites excluding steroid dienone is 4. The molecule has 6 nitrogen and oxygen atoms in total. The van der Waals surface area contributed by atoms with Gasteiger partial charge in [0.05, 0.1) is 7.11 Å². The van der Waals surface area contributed by atoms with Crippen LogP contribution in [0.25, 0.3) is 0 Å². The number of aromatic hydroxyl groups is 1. The van der Waals surface area contributed by atoms with Gasteiger partial charge < -0.3 is 20.1 Å². The second kappa shape index (κ2) is 7.49. The fourth-order valence-electron chi connectivity index (χ4n) is 4.62. The third kappa shape index (κ3) is 4.09. The van der Waals surface area contributed by atoms with Crippen LogP contribution in [0.15, 0.2) is 40.9 Å². The molecule has 0 saturated heterocycles. The molecular formula is C24H30O6. The van der Waals surface area contributed by atoms with Crippen LogP contribution in [0, 0.1) is 10.8 Å². The molecule has 2 aliphatic carbocycles. The zero-order valence-corrected chi connectivity index (χ0v) is 18.2. The SMILES string of the molecule is COc1ccc(C(C2=C(O)CC(C)(C)CC2=O)C2=C(O)CC(C)(C)CC2=O)cc1O. The lowest BCUT2D eigenvalue weighted by Gasteiger charge is -2.36. The van der Waals surface area contributed by atoms with Crippen molar-refractivity contribution in [3.63, 3.8) is 0 Å². The van der Waals surface area contributed by atoms with Crippen molar-refractivity contribution < 1.29 is 29.6 Å². The summed E-state index contributed by atoms with van der Waals surface area (Å²) >= 11 is 0. The third-order valence-corrected chi connectivity index (χ3v) is 5.91. The standard InChI is InChI=1S/C24H30O6/c1-23(2)9-15(26)21(16(27)10-23)20(13-6-7-19(30-5)14(25)8-13)22-17(28)11-24(3,4)12-18(22)29/h6-8,20,25-26,28H,9-12H2,1-5H3. The number of phenols is 1. The van der Waals surface area contributed by atoms with E-state index in [1.54, 1.807) is 12.1 Å². The van der Waals surface area contributed by atoms with Gasteiger partial charge in [-0.05, 0) is 28.5 Å². The van der Waals surface area contributed by atoms with E-state index in [0.717, 1.165) is 0 Å². The number of hydrogen-bond acceptors (Lipinski definition) is 6. The van der Waals surface area contributed by atoms with Crippen molar-refractivity contribution in [2.45, 2.75) is 59.3 Å². The van der Waals surface area contributed by atoms with E-state index in [4.69, 9.17) is 4.74 Å². The Kier molecular flexibility index (Phi) is 5.48. The van der Waals surface area contributed by atoms with Crippen LogP contribution in [-0.2, 0) is 9.59 Å². The Balaban J connectivity index is 2.25. The van der Waals surface area contributed by atoms with Crippen LogP contribution in [0.5, 0.6) is 11.5 Å². The first-order valence-electron chi connectivity index (χ1n) is 10.1. The predicted molar refractivity (Wildman–Crippen MR) is 113 cm³/mol. The van der Waals surface area contributed by atoms with E-state index >= 15 is 0 Å². The first-order chi connectivity index (χ1) is 13.8. The van der Waals surface area contributed by atoms with Crippen molar-refractivity contribution in [2.24, 2.45) is 10.8 Å². The number of rotatable bonds is 4. The summed E-state index contributed by atoms with van der Waals surface area (Å²) in [5.74, 6) is -1.52. The summed E-state index contributed by atoms with van der Waals surface area (Å²) in [5, 5.41) is 32.0. The highest BCUT2D eigenvalue weighted by atomic mass is 16.5. The number of carbonyl (C=O) groups is 2. The van der Waals surface area contributed by atoms with Crippen molar-refractivity contribution in [1.82, 2.24) is 0 Å². The fraction of sp³-hybridized carbons (Fsp3) is 0.500.